The highest BCUT2D eigenvalue weighted by molar-refractivity contribution is 5.97. The van der Waals surface area contributed by atoms with Gasteiger partial charge in [0.25, 0.3) is 11.8 Å². The van der Waals surface area contributed by atoms with Gasteiger partial charge in [-0.05, 0) is 42.0 Å². The van der Waals surface area contributed by atoms with Crippen LogP contribution in [0, 0.1) is 11.8 Å². The molecular formula is C20H19N3O3. The molecule has 0 unspecified atom stereocenters. The van der Waals surface area contributed by atoms with Gasteiger partial charge in [0.05, 0.1) is 0 Å². The molecular weight excluding hydrogens is 330 g/mol. The van der Waals surface area contributed by atoms with Gasteiger partial charge in [-0.1, -0.05) is 42.2 Å². The fourth-order valence-corrected chi connectivity index (χ4v) is 2.08. The van der Waals surface area contributed by atoms with Crippen molar-refractivity contribution in [1.29, 1.82) is 0 Å². The van der Waals surface area contributed by atoms with Gasteiger partial charge in [0.1, 0.15) is 6.04 Å². The molecule has 2 amide bonds. The molecule has 0 saturated carbocycles. The molecule has 0 aliphatic heterocycles. The number of hydroxylamine groups is 1. The Morgan fingerprint density at radius 1 is 1.12 bits per heavy atom. The lowest BCUT2D eigenvalue weighted by Gasteiger charge is -2.14. The maximum atomic E-state index is 12.1. The molecule has 2 aromatic rings. The molecule has 0 aliphatic rings. The minimum Gasteiger partial charge on any atom is -0.339 e. The third-order valence-electron chi connectivity index (χ3n) is 3.49. The van der Waals surface area contributed by atoms with Crippen molar-refractivity contribution in [3.63, 3.8) is 0 Å². The molecule has 0 bridgehead atoms. The Hall–Kier alpha value is -3.40. The van der Waals surface area contributed by atoms with Crippen LogP contribution in [0.4, 0.5) is 0 Å². The summed E-state index contributed by atoms with van der Waals surface area (Å²) in [6.45, 7) is -0.130. The van der Waals surface area contributed by atoms with Gasteiger partial charge < -0.3 is 11.1 Å². The van der Waals surface area contributed by atoms with E-state index in [4.69, 9.17) is 10.9 Å². The number of hydrogen-bond acceptors (Lipinski definition) is 4. The Labute approximate surface area is 151 Å². The smallest absolute Gasteiger partial charge is 0.267 e. The molecule has 2 aromatic carbocycles. The Morgan fingerprint density at radius 3 is 2.42 bits per heavy atom. The average molecular weight is 349 g/mol. The number of carbonyl (C=O) groups is 2. The van der Waals surface area contributed by atoms with Crippen LogP contribution in [0.15, 0.2) is 60.7 Å². The van der Waals surface area contributed by atoms with E-state index >= 15 is 0 Å². The quantitative estimate of drug-likeness (QED) is 0.371. The van der Waals surface area contributed by atoms with Crippen LogP contribution in [0.5, 0.6) is 0 Å². The summed E-state index contributed by atoms with van der Waals surface area (Å²) in [5, 5.41) is 11.0. The Kier molecular flexibility index (Phi) is 7.13. The van der Waals surface area contributed by atoms with Crippen LogP contribution in [-0.4, -0.2) is 29.6 Å². The van der Waals surface area contributed by atoms with E-state index in [2.05, 4.69) is 17.2 Å². The maximum Gasteiger partial charge on any atom is 0.267 e. The molecule has 6 nitrogen and oxygen atoms in total. The highest BCUT2D eigenvalue weighted by Gasteiger charge is 2.19. The normalized spacial score (nSPS) is 11.3. The SMILES string of the molecule is NC[C@H](NC(=O)c1ccc(C#C/C=C/c2ccccc2)cc1)C(=O)NO. The minimum atomic E-state index is -1.00. The zero-order valence-electron chi connectivity index (χ0n) is 14.0. The van der Waals surface area contributed by atoms with Crippen LogP contribution >= 0.6 is 0 Å². The van der Waals surface area contributed by atoms with Gasteiger partial charge >= 0.3 is 0 Å². The summed E-state index contributed by atoms with van der Waals surface area (Å²) in [6, 6.07) is 15.4. The molecule has 0 aromatic heterocycles. The highest BCUT2D eigenvalue weighted by atomic mass is 16.5. The zero-order chi connectivity index (χ0) is 18.8. The fourth-order valence-electron chi connectivity index (χ4n) is 2.08. The molecule has 6 heteroatoms. The molecule has 0 spiro atoms. The minimum absolute atomic E-state index is 0.130. The summed E-state index contributed by atoms with van der Waals surface area (Å²) < 4.78 is 0. The lowest BCUT2D eigenvalue weighted by Crippen LogP contribution is -2.50. The van der Waals surface area contributed by atoms with Crippen molar-refractivity contribution in [3.05, 3.63) is 77.4 Å². The maximum absolute atomic E-state index is 12.1. The predicted molar refractivity (Wildman–Crippen MR) is 99.0 cm³/mol. The molecule has 2 rings (SSSR count). The number of rotatable bonds is 5. The largest absolute Gasteiger partial charge is 0.339 e. The summed E-state index contributed by atoms with van der Waals surface area (Å²) in [5.41, 5.74) is 9.04. The first-order chi connectivity index (χ1) is 12.6. The molecule has 0 heterocycles. The first-order valence-electron chi connectivity index (χ1n) is 7.92. The molecule has 26 heavy (non-hydrogen) atoms. The lowest BCUT2D eigenvalue weighted by molar-refractivity contribution is -0.130. The Morgan fingerprint density at radius 2 is 1.81 bits per heavy atom. The van der Waals surface area contributed by atoms with Gasteiger partial charge in [0.2, 0.25) is 0 Å². The zero-order valence-corrected chi connectivity index (χ0v) is 14.0. The number of nitrogens with one attached hydrogen (secondary N) is 2. The first-order valence-corrected chi connectivity index (χ1v) is 7.92. The summed E-state index contributed by atoms with van der Waals surface area (Å²) in [4.78, 5) is 23.4. The second-order valence-corrected chi connectivity index (χ2v) is 5.33. The third kappa shape index (κ3) is 5.60. The van der Waals surface area contributed by atoms with Crippen molar-refractivity contribution in [1.82, 2.24) is 10.8 Å². The number of hydrogen-bond donors (Lipinski definition) is 4. The van der Waals surface area contributed by atoms with E-state index in [1.807, 2.05) is 36.4 Å². The van der Waals surface area contributed by atoms with Crippen LogP contribution in [0.1, 0.15) is 21.5 Å². The van der Waals surface area contributed by atoms with Crippen molar-refractivity contribution < 1.29 is 14.8 Å². The van der Waals surface area contributed by atoms with E-state index in [0.29, 0.717) is 5.56 Å². The standard InChI is InChI=1S/C20H19N3O3/c21-14-18(20(25)23-26)22-19(24)17-12-10-16(11-13-17)9-5-4-8-15-6-2-1-3-7-15/h1-4,6-8,10-13,18,26H,14,21H2,(H,22,24)(H,23,25)/b8-4+/t18-/m0/s1. The van der Waals surface area contributed by atoms with Crippen LogP contribution in [0.2, 0.25) is 0 Å². The highest BCUT2D eigenvalue weighted by Crippen LogP contribution is 2.04. The first kappa shape index (κ1) is 18.9. The fraction of sp³-hybridized carbons (Fsp3) is 0.100. The number of allylic oxidation sites excluding steroid dienone is 1. The molecule has 1 atom stereocenters. The average Bonchev–Trinajstić information content (AvgIpc) is 2.70. The van der Waals surface area contributed by atoms with Gasteiger partial charge in [-0.25, -0.2) is 5.48 Å². The summed E-state index contributed by atoms with van der Waals surface area (Å²) in [5.74, 6) is 4.67. The van der Waals surface area contributed by atoms with Gasteiger partial charge in [-0.3, -0.25) is 14.8 Å². The number of carbonyl (C=O) groups excluding carboxylic acids is 2. The third-order valence-corrected chi connectivity index (χ3v) is 3.49. The monoisotopic (exact) mass is 349 g/mol. The van der Waals surface area contributed by atoms with Crippen LogP contribution in [0.3, 0.4) is 0 Å². The van der Waals surface area contributed by atoms with Crippen LogP contribution < -0.4 is 16.5 Å². The van der Waals surface area contributed by atoms with Crippen molar-refractivity contribution in [2.45, 2.75) is 6.04 Å². The molecule has 5 N–H and O–H groups in total. The second-order valence-electron chi connectivity index (χ2n) is 5.33. The van der Waals surface area contributed by atoms with Crippen molar-refractivity contribution in [3.8, 4) is 11.8 Å². The molecule has 0 fully saturated rings. The lowest BCUT2D eigenvalue weighted by atomic mass is 10.1. The van der Waals surface area contributed by atoms with Gasteiger partial charge in [-0.2, -0.15) is 0 Å². The van der Waals surface area contributed by atoms with Crippen LogP contribution in [0.25, 0.3) is 6.08 Å². The number of nitrogens with two attached hydrogens (primary N) is 1. The Balaban J connectivity index is 1.98. The number of benzene rings is 2. The van der Waals surface area contributed by atoms with E-state index < -0.39 is 17.9 Å². The van der Waals surface area contributed by atoms with E-state index in [1.165, 1.54) is 5.48 Å². The van der Waals surface area contributed by atoms with Crippen molar-refractivity contribution >= 4 is 17.9 Å². The van der Waals surface area contributed by atoms with Gasteiger partial charge in [-0.15, -0.1) is 0 Å². The van der Waals surface area contributed by atoms with E-state index in [0.717, 1.165) is 11.1 Å². The number of amides is 2. The van der Waals surface area contributed by atoms with Gasteiger partial charge in [0.15, 0.2) is 0 Å². The Bertz CT molecular complexity index is 834. The predicted octanol–water partition coefficient (Wildman–Crippen LogP) is 1.31. The second kappa shape index (κ2) is 9.79. The molecule has 132 valence electrons. The van der Waals surface area contributed by atoms with E-state index in [1.54, 1.807) is 30.3 Å². The summed E-state index contributed by atoms with van der Waals surface area (Å²) >= 11 is 0. The molecule has 0 radical (unpaired) electrons. The topological polar surface area (TPSA) is 104 Å². The van der Waals surface area contributed by atoms with E-state index in [-0.39, 0.29) is 6.54 Å². The summed E-state index contributed by atoms with van der Waals surface area (Å²) in [6.07, 6.45) is 3.67. The van der Waals surface area contributed by atoms with Crippen LogP contribution in [-0.2, 0) is 4.79 Å². The van der Waals surface area contributed by atoms with E-state index in [9.17, 15) is 9.59 Å². The van der Waals surface area contributed by atoms with Crippen molar-refractivity contribution in [2.75, 3.05) is 6.54 Å². The van der Waals surface area contributed by atoms with Crippen molar-refractivity contribution in [2.24, 2.45) is 5.73 Å². The molecule has 0 saturated heterocycles. The summed E-state index contributed by atoms with van der Waals surface area (Å²) in [7, 11) is 0. The van der Waals surface area contributed by atoms with Gasteiger partial charge in [0, 0.05) is 17.7 Å². The molecule has 0 aliphatic carbocycles.